The summed E-state index contributed by atoms with van der Waals surface area (Å²) in [6.07, 6.45) is 1.45. The average molecular weight is 779 g/mol. The molecule has 0 aliphatic carbocycles. The highest BCUT2D eigenvalue weighted by molar-refractivity contribution is 7.99. The number of primary amides is 2. The number of aromatic nitrogens is 2. The maximum Gasteiger partial charge on any atom is 0.344 e. The fourth-order valence-electron chi connectivity index (χ4n) is 6.37. The van der Waals surface area contributed by atoms with Crippen molar-refractivity contribution in [1.29, 1.82) is 0 Å². The summed E-state index contributed by atoms with van der Waals surface area (Å²) in [4.78, 5) is 74.9. The maximum atomic E-state index is 13.0. The molecule has 0 saturated carbocycles. The number of nitrogens with two attached hydrogens (primary N) is 2. The number of benzene rings is 2. The van der Waals surface area contributed by atoms with Gasteiger partial charge in [-0.05, 0) is 104 Å². The molecule has 0 saturated heterocycles. The molecule has 0 aliphatic rings. The Bertz CT molecular complexity index is 1980. The number of nitrogens with zero attached hydrogens (tertiary/aromatic N) is 2. The first kappa shape index (κ1) is 42.4. The van der Waals surface area contributed by atoms with Crippen LogP contribution >= 0.6 is 11.8 Å². The highest BCUT2D eigenvalue weighted by Gasteiger charge is 2.28. The lowest BCUT2D eigenvalue weighted by atomic mass is 10.1. The third kappa shape index (κ3) is 10.5. The maximum absolute atomic E-state index is 13.0. The lowest BCUT2D eigenvalue weighted by Crippen LogP contribution is -2.27. The molecular weight excluding hydrogens is 729 g/mol. The third-order valence-electron chi connectivity index (χ3n) is 8.40. The van der Waals surface area contributed by atoms with Crippen molar-refractivity contribution in [3.63, 3.8) is 0 Å². The molecule has 2 amide bonds. The van der Waals surface area contributed by atoms with Gasteiger partial charge in [-0.25, -0.2) is 9.59 Å². The van der Waals surface area contributed by atoms with E-state index in [2.05, 4.69) is 0 Å². The van der Waals surface area contributed by atoms with Gasteiger partial charge in [-0.1, -0.05) is 12.1 Å². The first-order valence-corrected chi connectivity index (χ1v) is 19.1. The van der Waals surface area contributed by atoms with Gasteiger partial charge >= 0.3 is 11.9 Å². The monoisotopic (exact) mass is 778 g/mol. The fraction of sp³-hybridized carbons (Fsp3) is 0.450. The summed E-state index contributed by atoms with van der Waals surface area (Å²) in [6.45, 7) is 14.3. The van der Waals surface area contributed by atoms with Gasteiger partial charge in [0.05, 0.1) is 32.9 Å². The van der Waals surface area contributed by atoms with Crippen molar-refractivity contribution in [2.24, 2.45) is 11.5 Å². The lowest BCUT2D eigenvalue weighted by Gasteiger charge is -2.19. The van der Waals surface area contributed by atoms with Gasteiger partial charge in [0, 0.05) is 24.5 Å². The first-order chi connectivity index (χ1) is 25.7. The molecule has 0 spiro atoms. The van der Waals surface area contributed by atoms with Crippen molar-refractivity contribution in [3.05, 3.63) is 58.9 Å². The fourth-order valence-corrected chi connectivity index (χ4v) is 7.24. The van der Waals surface area contributed by atoms with Gasteiger partial charge < -0.3 is 39.5 Å². The molecule has 296 valence electrons. The minimum atomic E-state index is -1.10. The normalized spacial score (nSPS) is 11.8. The van der Waals surface area contributed by atoms with Gasteiger partial charge in [-0.15, -0.1) is 0 Å². The predicted octanol–water partition coefficient (Wildman–Crippen LogP) is 5.20. The number of fused-ring (bicyclic) bond motifs is 2. The number of ketones is 2. The largest absolute Gasteiger partial charge is 0.481 e. The number of esters is 2. The van der Waals surface area contributed by atoms with Crippen molar-refractivity contribution in [2.45, 2.75) is 92.5 Å². The third-order valence-corrected chi connectivity index (χ3v) is 9.55. The van der Waals surface area contributed by atoms with E-state index in [0.717, 1.165) is 24.3 Å². The predicted molar refractivity (Wildman–Crippen MR) is 210 cm³/mol. The Morgan fingerprint density at radius 2 is 0.982 bits per heavy atom. The highest BCUT2D eigenvalue weighted by Crippen LogP contribution is 2.36. The van der Waals surface area contributed by atoms with E-state index in [0.29, 0.717) is 46.3 Å². The molecule has 2 aromatic heterocycles. The summed E-state index contributed by atoms with van der Waals surface area (Å²) in [5.74, 6) is -2.97. The quantitative estimate of drug-likeness (QED) is 0.0582. The van der Waals surface area contributed by atoms with E-state index >= 15 is 0 Å². The zero-order valence-electron chi connectivity index (χ0n) is 32.7. The molecule has 2 heterocycles. The van der Waals surface area contributed by atoms with E-state index < -0.39 is 46.5 Å². The van der Waals surface area contributed by atoms with E-state index in [1.165, 1.54) is 0 Å². The molecule has 0 fully saturated rings. The van der Waals surface area contributed by atoms with Crippen LogP contribution < -0.4 is 20.9 Å². The number of carbonyl (C=O) groups is 6. The zero-order chi connectivity index (χ0) is 40.8. The minimum Gasteiger partial charge on any atom is -0.481 e. The van der Waals surface area contributed by atoms with E-state index in [1.54, 1.807) is 91.4 Å². The molecule has 4 rings (SSSR count). The Morgan fingerprint density at radius 3 is 1.31 bits per heavy atom. The van der Waals surface area contributed by atoms with Crippen LogP contribution in [0.1, 0.15) is 86.5 Å². The van der Waals surface area contributed by atoms with Crippen molar-refractivity contribution >= 4 is 68.9 Å². The van der Waals surface area contributed by atoms with Crippen LogP contribution in [0.15, 0.2) is 36.4 Å². The Morgan fingerprint density at radius 1 is 0.618 bits per heavy atom. The first-order valence-electron chi connectivity index (χ1n) is 17.9. The van der Waals surface area contributed by atoms with E-state index in [-0.39, 0.29) is 35.8 Å². The van der Waals surface area contributed by atoms with Crippen LogP contribution in [0.4, 0.5) is 0 Å². The Balaban J connectivity index is 1.45. The summed E-state index contributed by atoms with van der Waals surface area (Å²) in [5, 5.41) is 0.809. The van der Waals surface area contributed by atoms with Gasteiger partial charge in [-0.3, -0.25) is 19.2 Å². The molecule has 4 N–H and O–H groups in total. The van der Waals surface area contributed by atoms with Crippen molar-refractivity contribution in [2.75, 3.05) is 24.7 Å². The van der Waals surface area contributed by atoms with Crippen LogP contribution in [-0.2, 0) is 41.7 Å². The van der Waals surface area contributed by atoms with Crippen LogP contribution in [0.2, 0.25) is 0 Å². The molecule has 0 unspecified atom stereocenters. The number of carbonyl (C=O) groups excluding carboxylic acids is 6. The molecule has 14 nitrogen and oxygen atoms in total. The molecule has 0 bridgehead atoms. The molecule has 0 radical (unpaired) electrons. The van der Waals surface area contributed by atoms with Crippen LogP contribution in [0.3, 0.4) is 0 Å². The number of hydrogen-bond donors (Lipinski definition) is 2. The second-order valence-electron chi connectivity index (χ2n) is 15.0. The van der Waals surface area contributed by atoms with Crippen molar-refractivity contribution < 1.29 is 47.7 Å². The summed E-state index contributed by atoms with van der Waals surface area (Å²) in [7, 11) is 0. The van der Waals surface area contributed by atoms with Crippen molar-refractivity contribution in [3.8, 4) is 11.5 Å². The molecule has 0 atom stereocenters. The molecule has 2 aromatic carbocycles. The zero-order valence-corrected chi connectivity index (χ0v) is 33.5. The van der Waals surface area contributed by atoms with Crippen LogP contribution in [0.25, 0.3) is 21.8 Å². The molecule has 4 aromatic rings. The number of Topliss-reactive ketones (excluding diaryl/α,β-unsaturated/α-hetero) is 2. The van der Waals surface area contributed by atoms with Crippen LogP contribution in [0.5, 0.6) is 11.5 Å². The number of aryl methyl sites for hydroxylation is 2. The van der Waals surface area contributed by atoms with Gasteiger partial charge in [0.2, 0.25) is 0 Å². The number of amides is 2. The SMILES string of the molecule is Cc1c(C(=O)C(N)=O)c2c(OCC(=O)OC(C)(C)C)cccc2n1CCCSCCCn1c(C)c(C(=O)C(N)=O)c2c(OCC(=O)OC(C)(C)C)cccc21. The standard InChI is InChI=1S/C40H50N4O10S/c1-23-31(35(47)37(41)49)33-25(13-9-15-27(33)51-21-29(45)53-39(3,4)5)43(23)17-11-19-55-20-12-18-44-24(2)32(36(48)38(42)50)34-26(44)14-10-16-28(34)52-22-30(46)54-40(6,7)8/h9-10,13-16H,11-12,17-22H2,1-8H3,(H2,41,49)(H2,42,50). The van der Waals surface area contributed by atoms with E-state index in [4.69, 9.17) is 30.4 Å². The molecule has 55 heavy (non-hydrogen) atoms. The summed E-state index contributed by atoms with van der Waals surface area (Å²) in [5.41, 5.74) is 12.2. The Labute approximate surface area is 324 Å². The van der Waals surface area contributed by atoms with Crippen LogP contribution in [0, 0.1) is 13.8 Å². The molecular formula is C40H50N4O10S. The minimum absolute atomic E-state index is 0.136. The van der Waals surface area contributed by atoms with Gasteiger partial charge in [0.15, 0.2) is 13.2 Å². The summed E-state index contributed by atoms with van der Waals surface area (Å²) >= 11 is 1.73. The summed E-state index contributed by atoms with van der Waals surface area (Å²) < 4.78 is 26.2. The smallest absolute Gasteiger partial charge is 0.344 e. The molecule has 15 heteroatoms. The molecule has 0 aliphatic heterocycles. The van der Waals surface area contributed by atoms with Gasteiger partial charge in [0.1, 0.15) is 22.7 Å². The van der Waals surface area contributed by atoms with Crippen molar-refractivity contribution in [1.82, 2.24) is 9.13 Å². The number of rotatable bonds is 18. The van der Waals surface area contributed by atoms with Gasteiger partial charge in [-0.2, -0.15) is 11.8 Å². The van der Waals surface area contributed by atoms with Crippen LogP contribution in [-0.4, -0.2) is 80.4 Å². The number of thioether (sulfide) groups is 1. The number of ether oxygens (including phenoxy) is 4. The van der Waals surface area contributed by atoms with E-state index in [9.17, 15) is 28.8 Å². The summed E-state index contributed by atoms with van der Waals surface area (Å²) in [6, 6.07) is 10.4. The number of hydrogen-bond acceptors (Lipinski definition) is 11. The average Bonchev–Trinajstić information content (AvgIpc) is 3.53. The van der Waals surface area contributed by atoms with E-state index in [1.807, 2.05) is 21.3 Å². The Kier molecular flexibility index (Phi) is 13.5. The lowest BCUT2D eigenvalue weighted by molar-refractivity contribution is -0.158. The van der Waals surface area contributed by atoms with Gasteiger partial charge in [0.25, 0.3) is 23.4 Å². The Hall–Kier alpha value is -5.31. The topological polar surface area (TPSA) is 201 Å². The highest BCUT2D eigenvalue weighted by atomic mass is 32.2. The second kappa shape index (κ2) is 17.4. The second-order valence-corrected chi connectivity index (χ2v) is 16.2.